The van der Waals surface area contributed by atoms with Crippen LogP contribution in [-0.2, 0) is 27.7 Å². The number of aromatic nitrogens is 3. The van der Waals surface area contributed by atoms with E-state index in [1.165, 1.54) is 0 Å². The molecule has 2 amide bonds. The van der Waals surface area contributed by atoms with Crippen LogP contribution < -0.4 is 5.32 Å². The molecule has 11 heteroatoms. The Morgan fingerprint density at radius 2 is 1.62 bits per heavy atom. The van der Waals surface area contributed by atoms with Gasteiger partial charge in [0.15, 0.2) is 21.5 Å². The lowest BCUT2D eigenvalue weighted by Gasteiger charge is -2.26. The molecule has 0 spiro atoms. The molecule has 3 heterocycles. The average Bonchev–Trinajstić information content (AvgIpc) is 3.64. The molecule has 1 aromatic heterocycles. The minimum absolute atomic E-state index is 0.174. The van der Waals surface area contributed by atoms with E-state index in [4.69, 9.17) is 0 Å². The van der Waals surface area contributed by atoms with Crippen molar-refractivity contribution in [2.75, 3.05) is 36.5 Å². The molecule has 0 saturated carbocycles. The monoisotopic (exact) mass is 584 g/mol. The first kappa shape index (κ1) is 27.8. The van der Waals surface area contributed by atoms with E-state index in [1.807, 2.05) is 71.6 Å². The number of amides is 2. The van der Waals surface area contributed by atoms with E-state index in [0.29, 0.717) is 55.5 Å². The van der Waals surface area contributed by atoms with Gasteiger partial charge in [0.2, 0.25) is 5.91 Å². The topological polar surface area (TPSA) is 128 Å². The van der Waals surface area contributed by atoms with E-state index >= 15 is 0 Å². The van der Waals surface area contributed by atoms with Gasteiger partial charge in [-0.1, -0.05) is 30.3 Å². The van der Waals surface area contributed by atoms with Crippen LogP contribution in [0.3, 0.4) is 0 Å². The molecule has 0 bridgehead atoms. The normalized spacial score (nSPS) is 17.0. The van der Waals surface area contributed by atoms with Crippen molar-refractivity contribution < 1.29 is 18.0 Å². The van der Waals surface area contributed by atoms with Gasteiger partial charge in [-0.15, -0.1) is 0 Å². The lowest BCUT2D eigenvalue weighted by molar-refractivity contribution is -0.128. The maximum absolute atomic E-state index is 13.0. The number of hydrogen-bond acceptors (Lipinski definition) is 7. The minimum Gasteiger partial charge on any atom is -0.338 e. The summed E-state index contributed by atoms with van der Waals surface area (Å²) in [6.07, 6.45) is 1.53. The standard InChI is InChI=1S/C31H32N6O4S/c38-28-8-3-13-37(28)21-23-5-1-6-25(18-23)30-33-29(34-35-30)24-9-11-27(12-10-24)32-31(39)26-7-2-4-22(19-26)20-36-14-16-42(40,41)17-15-36/h1-2,4-7,9-12,18-19H,3,8,13-17,20-21H2,(H,32,39)(H,33,34,35). The Labute approximate surface area is 244 Å². The number of sulfone groups is 1. The smallest absolute Gasteiger partial charge is 0.255 e. The van der Waals surface area contributed by atoms with Crippen molar-refractivity contribution in [3.8, 4) is 22.8 Å². The van der Waals surface area contributed by atoms with Crippen molar-refractivity contribution >= 4 is 27.3 Å². The maximum atomic E-state index is 13.0. The number of carbonyl (C=O) groups is 2. The van der Waals surface area contributed by atoms with Crippen LogP contribution in [0, 0.1) is 0 Å². The van der Waals surface area contributed by atoms with E-state index in [0.717, 1.165) is 35.2 Å². The number of hydrogen-bond donors (Lipinski definition) is 2. The summed E-state index contributed by atoms with van der Waals surface area (Å²) in [6.45, 7) is 3.00. The third kappa shape index (κ3) is 6.58. The fourth-order valence-electron chi connectivity index (χ4n) is 5.31. The fourth-order valence-corrected chi connectivity index (χ4v) is 6.59. The summed E-state index contributed by atoms with van der Waals surface area (Å²) < 4.78 is 23.4. The Balaban J connectivity index is 1.08. The molecule has 2 aliphatic heterocycles. The van der Waals surface area contributed by atoms with Gasteiger partial charge in [0.1, 0.15) is 0 Å². The third-order valence-electron chi connectivity index (χ3n) is 7.66. The molecule has 216 valence electrons. The second kappa shape index (κ2) is 11.9. The maximum Gasteiger partial charge on any atom is 0.255 e. The Hall–Kier alpha value is -4.35. The van der Waals surface area contributed by atoms with Crippen LogP contribution in [0.4, 0.5) is 5.69 Å². The predicted octanol–water partition coefficient (Wildman–Crippen LogP) is 3.74. The highest BCUT2D eigenvalue weighted by atomic mass is 32.2. The second-order valence-corrected chi connectivity index (χ2v) is 13.1. The largest absolute Gasteiger partial charge is 0.338 e. The first-order chi connectivity index (χ1) is 20.3. The quantitative estimate of drug-likeness (QED) is 0.323. The van der Waals surface area contributed by atoms with Gasteiger partial charge in [-0.2, -0.15) is 5.10 Å². The summed E-state index contributed by atoms with van der Waals surface area (Å²) in [7, 11) is -2.93. The van der Waals surface area contributed by atoms with E-state index < -0.39 is 9.84 Å². The number of H-pyrrole nitrogens is 1. The molecule has 2 N–H and O–H groups in total. The van der Waals surface area contributed by atoms with Crippen LogP contribution in [-0.4, -0.2) is 76.4 Å². The predicted molar refractivity (Wildman–Crippen MR) is 160 cm³/mol. The van der Waals surface area contributed by atoms with Gasteiger partial charge >= 0.3 is 0 Å². The number of nitrogens with zero attached hydrogens (tertiary/aromatic N) is 4. The Morgan fingerprint density at radius 3 is 2.36 bits per heavy atom. The van der Waals surface area contributed by atoms with E-state index in [9.17, 15) is 18.0 Å². The Kier molecular flexibility index (Phi) is 7.86. The number of benzene rings is 3. The molecule has 3 aromatic carbocycles. The summed E-state index contributed by atoms with van der Waals surface area (Å²) in [6, 6.07) is 22.7. The molecule has 2 aliphatic rings. The van der Waals surface area contributed by atoms with Gasteiger partial charge in [0.25, 0.3) is 5.91 Å². The summed E-state index contributed by atoms with van der Waals surface area (Å²) in [5.74, 6) is 1.51. The summed E-state index contributed by atoms with van der Waals surface area (Å²) in [5.41, 5.74) is 4.90. The highest BCUT2D eigenvalue weighted by Gasteiger charge is 2.22. The van der Waals surface area contributed by atoms with Crippen molar-refractivity contribution in [3.63, 3.8) is 0 Å². The molecule has 0 atom stereocenters. The van der Waals surface area contributed by atoms with Crippen molar-refractivity contribution in [2.24, 2.45) is 0 Å². The molecule has 0 aliphatic carbocycles. The first-order valence-electron chi connectivity index (χ1n) is 14.0. The number of aromatic amines is 1. The summed E-state index contributed by atoms with van der Waals surface area (Å²) in [4.78, 5) is 33.6. The lowest BCUT2D eigenvalue weighted by atomic mass is 10.1. The zero-order valence-electron chi connectivity index (χ0n) is 23.1. The fraction of sp³-hybridized carbons (Fsp3) is 0.290. The number of anilines is 1. The van der Waals surface area contributed by atoms with Gasteiger partial charge in [0, 0.05) is 61.5 Å². The van der Waals surface area contributed by atoms with Gasteiger partial charge in [0.05, 0.1) is 11.5 Å². The molecule has 10 nitrogen and oxygen atoms in total. The highest BCUT2D eigenvalue weighted by molar-refractivity contribution is 7.91. The SMILES string of the molecule is O=C(Nc1ccc(-c2nc(-c3cccc(CN4CCCC4=O)c3)n[nH]2)cc1)c1cccc(CN2CCS(=O)(=O)CC2)c1. The van der Waals surface area contributed by atoms with E-state index in [-0.39, 0.29) is 23.3 Å². The van der Waals surface area contributed by atoms with Crippen molar-refractivity contribution in [1.29, 1.82) is 0 Å². The van der Waals surface area contributed by atoms with Crippen LogP contribution >= 0.6 is 0 Å². The van der Waals surface area contributed by atoms with Crippen LogP contribution in [0.15, 0.2) is 72.8 Å². The molecule has 6 rings (SSSR count). The Morgan fingerprint density at radius 1 is 0.881 bits per heavy atom. The van der Waals surface area contributed by atoms with Crippen molar-refractivity contribution in [3.05, 3.63) is 89.5 Å². The van der Waals surface area contributed by atoms with Crippen molar-refractivity contribution in [1.82, 2.24) is 25.0 Å². The van der Waals surface area contributed by atoms with Gasteiger partial charge in [-0.05, 0) is 60.0 Å². The van der Waals surface area contributed by atoms with E-state index in [1.54, 1.807) is 6.07 Å². The highest BCUT2D eigenvalue weighted by Crippen LogP contribution is 2.24. The van der Waals surface area contributed by atoms with Gasteiger partial charge in [-0.25, -0.2) is 13.4 Å². The van der Waals surface area contributed by atoms with Crippen molar-refractivity contribution in [2.45, 2.75) is 25.9 Å². The molecule has 2 saturated heterocycles. The average molecular weight is 585 g/mol. The zero-order valence-corrected chi connectivity index (χ0v) is 23.9. The minimum atomic E-state index is -2.93. The van der Waals surface area contributed by atoms with Crippen LogP contribution in [0.25, 0.3) is 22.8 Å². The third-order valence-corrected chi connectivity index (χ3v) is 9.27. The number of carbonyl (C=O) groups excluding carboxylic acids is 2. The molecular weight excluding hydrogens is 552 g/mol. The Bertz CT molecular complexity index is 1700. The second-order valence-electron chi connectivity index (χ2n) is 10.8. The first-order valence-corrected chi connectivity index (χ1v) is 15.9. The molecule has 0 radical (unpaired) electrons. The molecule has 0 unspecified atom stereocenters. The molecule has 42 heavy (non-hydrogen) atoms. The number of nitrogens with one attached hydrogen (secondary N) is 2. The van der Waals surface area contributed by atoms with E-state index in [2.05, 4.69) is 25.4 Å². The van der Waals surface area contributed by atoms with Crippen LogP contribution in [0.1, 0.15) is 34.3 Å². The number of likely N-dealkylation sites (tertiary alicyclic amines) is 1. The zero-order chi connectivity index (χ0) is 29.1. The van der Waals surface area contributed by atoms with Crippen LogP contribution in [0.5, 0.6) is 0 Å². The molecule has 2 fully saturated rings. The van der Waals surface area contributed by atoms with Gasteiger partial charge < -0.3 is 10.2 Å². The molecule has 4 aromatic rings. The molecular formula is C31H32N6O4S. The van der Waals surface area contributed by atoms with Crippen LogP contribution in [0.2, 0.25) is 0 Å². The summed E-state index contributed by atoms with van der Waals surface area (Å²) in [5, 5.41) is 10.3. The number of rotatable bonds is 8. The lowest BCUT2D eigenvalue weighted by Crippen LogP contribution is -2.39. The van der Waals surface area contributed by atoms with Gasteiger partial charge in [-0.3, -0.25) is 19.6 Å². The summed E-state index contributed by atoms with van der Waals surface area (Å²) >= 11 is 0.